The molecule has 7 heteroatoms. The molecule has 1 amide bonds. The van der Waals surface area contributed by atoms with Crippen molar-refractivity contribution in [1.82, 2.24) is 5.32 Å². The highest BCUT2D eigenvalue weighted by Gasteiger charge is 2.20. The summed E-state index contributed by atoms with van der Waals surface area (Å²) < 4.78 is 5.06. The molecule has 0 radical (unpaired) electrons. The van der Waals surface area contributed by atoms with Gasteiger partial charge in [-0.3, -0.25) is 9.59 Å². The zero-order valence-corrected chi connectivity index (χ0v) is 11.9. The lowest BCUT2D eigenvalue weighted by atomic mass is 10.00. The number of methoxy groups -OCH3 is 1. The molecule has 0 fully saturated rings. The Morgan fingerprint density at radius 2 is 2.00 bits per heavy atom. The van der Waals surface area contributed by atoms with Gasteiger partial charge in [0.15, 0.2) is 0 Å². The van der Waals surface area contributed by atoms with Crippen LogP contribution in [0, 0.1) is 0 Å². The molecule has 0 heterocycles. The summed E-state index contributed by atoms with van der Waals surface area (Å²) >= 11 is 0. The zero-order chi connectivity index (χ0) is 16.0. The highest BCUT2D eigenvalue weighted by atomic mass is 16.5. The van der Waals surface area contributed by atoms with Crippen LogP contribution in [-0.2, 0) is 16.0 Å². The third-order valence-corrected chi connectivity index (χ3v) is 2.91. The predicted octanol–water partition coefficient (Wildman–Crippen LogP) is -0.147. The fraction of sp³-hybridized carbons (Fsp3) is 0.429. The Kier molecular flexibility index (Phi) is 6.13. The minimum absolute atomic E-state index is 0.100. The molecule has 0 aromatic heterocycles. The van der Waals surface area contributed by atoms with Crippen molar-refractivity contribution in [3.05, 3.63) is 29.3 Å². The highest BCUT2D eigenvalue weighted by molar-refractivity contribution is 5.73. The van der Waals surface area contributed by atoms with Crippen LogP contribution in [0.3, 0.4) is 0 Å². The maximum atomic E-state index is 10.8. The quantitative estimate of drug-likeness (QED) is 0.556. The van der Waals surface area contributed by atoms with E-state index in [1.54, 1.807) is 0 Å². The predicted molar refractivity (Wildman–Crippen MR) is 74.0 cm³/mol. The first-order valence-corrected chi connectivity index (χ1v) is 6.34. The van der Waals surface area contributed by atoms with Gasteiger partial charge in [-0.2, -0.15) is 0 Å². The summed E-state index contributed by atoms with van der Waals surface area (Å²) in [5, 5.41) is 31.1. The van der Waals surface area contributed by atoms with Crippen LogP contribution in [0.5, 0.6) is 5.75 Å². The number of carboxylic acids is 1. The number of hydrogen-bond donors (Lipinski definition) is 4. The fourth-order valence-corrected chi connectivity index (χ4v) is 1.87. The van der Waals surface area contributed by atoms with Gasteiger partial charge >= 0.3 is 5.97 Å². The van der Waals surface area contributed by atoms with Crippen LogP contribution in [0.4, 0.5) is 0 Å². The summed E-state index contributed by atoms with van der Waals surface area (Å²) in [6.45, 7) is 1.20. The molecule has 0 aliphatic rings. The smallest absolute Gasteiger partial charge is 0.307 e. The fourth-order valence-electron chi connectivity index (χ4n) is 1.87. The number of benzene rings is 1. The Labute approximate surface area is 122 Å². The van der Waals surface area contributed by atoms with Crippen LogP contribution in [0.2, 0.25) is 0 Å². The number of nitrogens with one attached hydrogen (secondary N) is 1. The lowest BCUT2D eigenvalue weighted by molar-refractivity contribution is -0.136. The Hall–Kier alpha value is -2.12. The van der Waals surface area contributed by atoms with E-state index < -0.39 is 18.2 Å². The topological polar surface area (TPSA) is 116 Å². The summed E-state index contributed by atoms with van der Waals surface area (Å²) in [6, 6.07) is 4.53. The summed E-state index contributed by atoms with van der Waals surface area (Å²) in [4.78, 5) is 21.6. The highest BCUT2D eigenvalue weighted by Crippen LogP contribution is 2.25. The molecule has 4 N–H and O–H groups in total. The first kappa shape index (κ1) is 16.9. The number of ether oxygens (including phenoxy) is 1. The van der Waals surface area contributed by atoms with Crippen LogP contribution in [-0.4, -0.2) is 47.0 Å². The number of carboxylic acid groups (broad SMARTS) is 1. The summed E-state index contributed by atoms with van der Waals surface area (Å²) in [7, 11) is 1.42. The Morgan fingerprint density at radius 3 is 2.52 bits per heavy atom. The largest absolute Gasteiger partial charge is 0.496 e. The normalized spacial score (nSPS) is 13.3. The molecule has 0 spiro atoms. The van der Waals surface area contributed by atoms with Crippen molar-refractivity contribution in [3.63, 3.8) is 0 Å². The van der Waals surface area contributed by atoms with Gasteiger partial charge in [0.1, 0.15) is 18.0 Å². The summed E-state index contributed by atoms with van der Waals surface area (Å²) in [5.41, 5.74) is 0.748. The van der Waals surface area contributed by atoms with Crippen LogP contribution in [0.25, 0.3) is 0 Å². The molecule has 0 aliphatic heterocycles. The number of aliphatic hydroxyl groups excluding tert-OH is 2. The molecule has 116 valence electrons. The summed E-state index contributed by atoms with van der Waals surface area (Å²) in [6.07, 6.45) is -2.69. The van der Waals surface area contributed by atoms with E-state index in [9.17, 15) is 19.8 Å². The van der Waals surface area contributed by atoms with Gasteiger partial charge in [-0.15, -0.1) is 0 Å². The third kappa shape index (κ3) is 5.05. The molecule has 1 rings (SSSR count). The number of carbonyl (C=O) groups is 2. The molecule has 7 nitrogen and oxygen atoms in total. The molecule has 1 aromatic rings. The second-order valence-corrected chi connectivity index (χ2v) is 4.59. The Bertz CT molecular complexity index is 516. The average molecular weight is 297 g/mol. The van der Waals surface area contributed by atoms with Gasteiger partial charge in [-0.05, 0) is 17.7 Å². The van der Waals surface area contributed by atoms with Crippen LogP contribution in [0.15, 0.2) is 18.2 Å². The standard InChI is InChI=1S/C14H19NO6/c1-8(16)15-7-11(17)14(20)9-3-4-12(21-2)10(5-9)6-13(18)19/h3-5,11,14,17,20H,6-7H2,1-2H3,(H,15,16)(H,18,19). The van der Waals surface area contributed by atoms with E-state index in [-0.39, 0.29) is 18.9 Å². The first-order valence-electron chi connectivity index (χ1n) is 6.34. The Balaban J connectivity index is 2.91. The van der Waals surface area contributed by atoms with Crippen molar-refractivity contribution in [2.75, 3.05) is 13.7 Å². The molecule has 1 aromatic carbocycles. The van der Waals surface area contributed by atoms with Crippen LogP contribution >= 0.6 is 0 Å². The number of rotatable bonds is 7. The molecule has 21 heavy (non-hydrogen) atoms. The van der Waals surface area contributed by atoms with Crippen LogP contribution in [0.1, 0.15) is 24.2 Å². The van der Waals surface area contributed by atoms with E-state index in [4.69, 9.17) is 9.84 Å². The van der Waals surface area contributed by atoms with E-state index in [1.165, 1.54) is 32.2 Å². The van der Waals surface area contributed by atoms with Crippen molar-refractivity contribution in [1.29, 1.82) is 0 Å². The van der Waals surface area contributed by atoms with Gasteiger partial charge in [-0.25, -0.2) is 0 Å². The molecule has 0 bridgehead atoms. The van der Waals surface area contributed by atoms with Crippen molar-refractivity contribution in [2.24, 2.45) is 0 Å². The molecule has 0 saturated carbocycles. The van der Waals surface area contributed by atoms with E-state index in [0.29, 0.717) is 16.9 Å². The van der Waals surface area contributed by atoms with Gasteiger partial charge in [0.05, 0.1) is 13.5 Å². The maximum Gasteiger partial charge on any atom is 0.307 e. The van der Waals surface area contributed by atoms with Gasteiger partial charge in [0, 0.05) is 19.0 Å². The molecule has 0 aliphatic carbocycles. The van der Waals surface area contributed by atoms with Gasteiger partial charge in [0.2, 0.25) is 5.91 Å². The summed E-state index contributed by atoms with van der Waals surface area (Å²) in [5.74, 6) is -0.953. The monoisotopic (exact) mass is 297 g/mol. The van der Waals surface area contributed by atoms with Crippen molar-refractivity contribution in [3.8, 4) is 5.75 Å². The number of carbonyl (C=O) groups excluding carboxylic acids is 1. The van der Waals surface area contributed by atoms with E-state index in [2.05, 4.69) is 5.32 Å². The lowest BCUT2D eigenvalue weighted by Gasteiger charge is -2.19. The minimum Gasteiger partial charge on any atom is -0.496 e. The number of hydrogen-bond acceptors (Lipinski definition) is 5. The third-order valence-electron chi connectivity index (χ3n) is 2.91. The molecule has 2 atom stereocenters. The van der Waals surface area contributed by atoms with E-state index in [1.807, 2.05) is 0 Å². The second kappa shape index (κ2) is 7.61. The number of amides is 1. The first-order chi connectivity index (χ1) is 9.85. The molecule has 0 saturated heterocycles. The Morgan fingerprint density at radius 1 is 1.33 bits per heavy atom. The average Bonchev–Trinajstić information content (AvgIpc) is 2.43. The molecular weight excluding hydrogens is 278 g/mol. The van der Waals surface area contributed by atoms with Crippen LogP contribution < -0.4 is 10.1 Å². The molecular formula is C14H19NO6. The number of aliphatic hydroxyl groups is 2. The van der Waals surface area contributed by atoms with Gasteiger partial charge in [-0.1, -0.05) is 6.07 Å². The van der Waals surface area contributed by atoms with E-state index >= 15 is 0 Å². The number of aliphatic carboxylic acids is 1. The maximum absolute atomic E-state index is 10.8. The minimum atomic E-state index is -1.24. The second-order valence-electron chi connectivity index (χ2n) is 4.59. The van der Waals surface area contributed by atoms with Gasteiger partial charge in [0.25, 0.3) is 0 Å². The zero-order valence-electron chi connectivity index (χ0n) is 11.9. The SMILES string of the molecule is COc1ccc(C(O)C(O)CNC(C)=O)cc1CC(=O)O. The molecule has 2 unspecified atom stereocenters. The lowest BCUT2D eigenvalue weighted by Crippen LogP contribution is -2.34. The van der Waals surface area contributed by atoms with Crippen molar-refractivity contribution >= 4 is 11.9 Å². The van der Waals surface area contributed by atoms with Crippen molar-refractivity contribution < 1.29 is 29.6 Å². The van der Waals surface area contributed by atoms with E-state index in [0.717, 1.165) is 0 Å². The van der Waals surface area contributed by atoms with Gasteiger partial charge < -0.3 is 25.4 Å². The van der Waals surface area contributed by atoms with Crippen molar-refractivity contribution in [2.45, 2.75) is 25.6 Å².